The number of carbonyl (C=O) groups is 1. The Kier molecular flexibility index (Phi) is 5.79. The molecule has 0 saturated heterocycles. The number of nitrogens with two attached hydrogens (primary N) is 1. The summed E-state index contributed by atoms with van der Waals surface area (Å²) in [5.74, 6) is -0.0575. The van der Waals surface area contributed by atoms with Crippen LogP contribution in [0.4, 0.5) is 0 Å². The van der Waals surface area contributed by atoms with E-state index in [-0.39, 0.29) is 30.2 Å². The first kappa shape index (κ1) is 15.5. The fourth-order valence-electron chi connectivity index (χ4n) is 1.61. The van der Waals surface area contributed by atoms with E-state index in [0.717, 1.165) is 5.56 Å². The highest BCUT2D eigenvalue weighted by Crippen LogP contribution is 2.11. The molecule has 5 nitrogen and oxygen atoms in total. The maximum Gasteiger partial charge on any atom is 0.237 e. The highest BCUT2D eigenvalue weighted by Gasteiger charge is 2.19. The minimum Gasteiger partial charge on any atom is -0.508 e. The molecule has 1 aromatic rings. The molecule has 5 N–H and O–H groups in total. The van der Waals surface area contributed by atoms with Crippen LogP contribution in [0.15, 0.2) is 24.3 Å². The highest BCUT2D eigenvalue weighted by atomic mass is 16.3. The molecule has 0 saturated carbocycles. The first-order valence-electron chi connectivity index (χ1n) is 6.38. The lowest BCUT2D eigenvalue weighted by molar-refractivity contribution is -0.123. The SMILES string of the molecule is CC(CO)C(C)NC(=O)[C@H](N)Cc1ccc(O)cc1. The van der Waals surface area contributed by atoms with Gasteiger partial charge < -0.3 is 21.3 Å². The lowest BCUT2D eigenvalue weighted by atomic mass is 10.0. The Labute approximate surface area is 113 Å². The summed E-state index contributed by atoms with van der Waals surface area (Å²) in [6, 6.07) is 5.85. The molecule has 0 aromatic heterocycles. The summed E-state index contributed by atoms with van der Waals surface area (Å²) < 4.78 is 0. The number of aromatic hydroxyl groups is 1. The molecule has 0 aliphatic heterocycles. The molecule has 0 fully saturated rings. The fourth-order valence-corrected chi connectivity index (χ4v) is 1.61. The molecule has 0 spiro atoms. The average Bonchev–Trinajstić information content (AvgIpc) is 2.40. The number of aliphatic hydroxyl groups excluding tert-OH is 1. The van der Waals surface area contributed by atoms with Crippen molar-refractivity contribution in [2.45, 2.75) is 32.4 Å². The van der Waals surface area contributed by atoms with Gasteiger partial charge in [-0.15, -0.1) is 0 Å². The number of carbonyl (C=O) groups excluding carboxylic acids is 1. The first-order chi connectivity index (χ1) is 8.93. The van der Waals surface area contributed by atoms with Crippen LogP contribution < -0.4 is 11.1 Å². The topological polar surface area (TPSA) is 95.6 Å². The molecule has 106 valence electrons. The quantitative estimate of drug-likeness (QED) is 0.599. The van der Waals surface area contributed by atoms with Gasteiger partial charge in [-0.05, 0) is 37.0 Å². The van der Waals surface area contributed by atoms with Crippen molar-refractivity contribution in [1.29, 1.82) is 0 Å². The number of nitrogens with one attached hydrogen (secondary N) is 1. The van der Waals surface area contributed by atoms with Gasteiger partial charge in [0, 0.05) is 12.6 Å². The zero-order chi connectivity index (χ0) is 14.4. The lowest BCUT2D eigenvalue weighted by Gasteiger charge is -2.21. The van der Waals surface area contributed by atoms with Crippen LogP contribution in [0, 0.1) is 5.92 Å². The smallest absolute Gasteiger partial charge is 0.237 e. The van der Waals surface area contributed by atoms with Crippen LogP contribution in [0.25, 0.3) is 0 Å². The molecule has 0 aliphatic rings. The van der Waals surface area contributed by atoms with E-state index in [0.29, 0.717) is 6.42 Å². The average molecular weight is 266 g/mol. The van der Waals surface area contributed by atoms with E-state index in [2.05, 4.69) is 5.32 Å². The predicted molar refractivity (Wildman–Crippen MR) is 73.6 cm³/mol. The summed E-state index contributed by atoms with van der Waals surface area (Å²) in [7, 11) is 0. The number of hydrogen-bond donors (Lipinski definition) is 4. The number of hydrogen-bond acceptors (Lipinski definition) is 4. The number of rotatable bonds is 6. The molecular formula is C14H22N2O3. The van der Waals surface area contributed by atoms with Gasteiger partial charge in [-0.2, -0.15) is 0 Å². The molecule has 0 bridgehead atoms. The molecular weight excluding hydrogens is 244 g/mol. The van der Waals surface area contributed by atoms with Crippen LogP contribution in [0.3, 0.4) is 0 Å². The predicted octanol–water partition coefficient (Wildman–Crippen LogP) is 0.395. The van der Waals surface area contributed by atoms with Gasteiger partial charge in [0.25, 0.3) is 0 Å². The fraction of sp³-hybridized carbons (Fsp3) is 0.500. The van der Waals surface area contributed by atoms with Crippen LogP contribution in [0.1, 0.15) is 19.4 Å². The second kappa shape index (κ2) is 7.11. The molecule has 1 amide bonds. The second-order valence-corrected chi connectivity index (χ2v) is 4.93. The van der Waals surface area contributed by atoms with Gasteiger partial charge in [0.1, 0.15) is 5.75 Å². The van der Waals surface area contributed by atoms with Crippen molar-refractivity contribution in [3.8, 4) is 5.75 Å². The van der Waals surface area contributed by atoms with E-state index in [1.165, 1.54) is 0 Å². The van der Waals surface area contributed by atoms with E-state index in [1.54, 1.807) is 24.3 Å². The van der Waals surface area contributed by atoms with Crippen LogP contribution in [0.2, 0.25) is 0 Å². The van der Waals surface area contributed by atoms with E-state index >= 15 is 0 Å². The van der Waals surface area contributed by atoms with Gasteiger partial charge in [0.05, 0.1) is 6.04 Å². The summed E-state index contributed by atoms with van der Waals surface area (Å²) in [5.41, 5.74) is 6.73. The summed E-state index contributed by atoms with van der Waals surface area (Å²) in [4.78, 5) is 11.9. The Hall–Kier alpha value is -1.59. The van der Waals surface area contributed by atoms with Gasteiger partial charge in [0.2, 0.25) is 5.91 Å². The maximum absolute atomic E-state index is 11.9. The summed E-state index contributed by atoms with van der Waals surface area (Å²) in [5, 5.41) is 21.0. The molecule has 0 heterocycles. The Morgan fingerprint density at radius 1 is 1.32 bits per heavy atom. The van der Waals surface area contributed by atoms with Gasteiger partial charge in [-0.1, -0.05) is 19.1 Å². The molecule has 1 aromatic carbocycles. The molecule has 5 heteroatoms. The number of aliphatic hydroxyl groups is 1. The number of phenols is 1. The van der Waals surface area contributed by atoms with E-state index < -0.39 is 6.04 Å². The Balaban J connectivity index is 2.51. The van der Waals surface area contributed by atoms with Crippen LogP contribution in [-0.4, -0.2) is 34.8 Å². The van der Waals surface area contributed by atoms with Crippen molar-refractivity contribution in [2.24, 2.45) is 11.7 Å². The third-order valence-electron chi connectivity index (χ3n) is 3.24. The molecule has 2 unspecified atom stereocenters. The highest BCUT2D eigenvalue weighted by molar-refractivity contribution is 5.82. The Morgan fingerprint density at radius 3 is 2.42 bits per heavy atom. The second-order valence-electron chi connectivity index (χ2n) is 4.93. The third kappa shape index (κ3) is 4.89. The summed E-state index contributed by atoms with van der Waals surface area (Å²) >= 11 is 0. The van der Waals surface area contributed by atoms with Crippen molar-refractivity contribution in [2.75, 3.05) is 6.61 Å². The summed E-state index contributed by atoms with van der Waals surface area (Å²) in [6.45, 7) is 3.72. The molecule has 1 rings (SSSR count). The first-order valence-corrected chi connectivity index (χ1v) is 6.38. The minimum atomic E-state index is -0.641. The van der Waals surface area contributed by atoms with Crippen LogP contribution in [0.5, 0.6) is 5.75 Å². The van der Waals surface area contributed by atoms with Crippen molar-refractivity contribution in [3.63, 3.8) is 0 Å². The van der Waals surface area contributed by atoms with Crippen molar-refractivity contribution in [3.05, 3.63) is 29.8 Å². The number of amides is 1. The van der Waals surface area contributed by atoms with Crippen LogP contribution >= 0.6 is 0 Å². The largest absolute Gasteiger partial charge is 0.508 e. The maximum atomic E-state index is 11.9. The van der Waals surface area contributed by atoms with Crippen LogP contribution in [-0.2, 0) is 11.2 Å². The standard InChI is InChI=1S/C14H22N2O3/c1-9(8-17)10(2)16-14(19)13(15)7-11-3-5-12(18)6-4-11/h3-6,9-10,13,17-18H,7-8,15H2,1-2H3,(H,16,19)/t9?,10?,13-/m1/s1. The van der Waals surface area contributed by atoms with E-state index in [1.807, 2.05) is 13.8 Å². The Morgan fingerprint density at radius 2 is 1.89 bits per heavy atom. The van der Waals surface area contributed by atoms with Gasteiger partial charge >= 0.3 is 0 Å². The molecule has 0 aliphatic carbocycles. The Bertz CT molecular complexity index is 406. The van der Waals surface area contributed by atoms with E-state index in [4.69, 9.17) is 10.8 Å². The molecule has 0 radical (unpaired) electrons. The number of phenolic OH excluding ortho intramolecular Hbond substituents is 1. The third-order valence-corrected chi connectivity index (χ3v) is 3.24. The van der Waals surface area contributed by atoms with Gasteiger partial charge in [0.15, 0.2) is 0 Å². The van der Waals surface area contributed by atoms with Crippen molar-refractivity contribution < 1.29 is 15.0 Å². The van der Waals surface area contributed by atoms with Gasteiger partial charge in [-0.3, -0.25) is 4.79 Å². The van der Waals surface area contributed by atoms with Crippen molar-refractivity contribution >= 4 is 5.91 Å². The zero-order valence-corrected chi connectivity index (χ0v) is 11.3. The number of benzene rings is 1. The zero-order valence-electron chi connectivity index (χ0n) is 11.3. The monoisotopic (exact) mass is 266 g/mol. The lowest BCUT2D eigenvalue weighted by Crippen LogP contribution is -2.47. The van der Waals surface area contributed by atoms with Gasteiger partial charge in [-0.25, -0.2) is 0 Å². The minimum absolute atomic E-state index is 0.00942. The van der Waals surface area contributed by atoms with E-state index in [9.17, 15) is 9.90 Å². The molecule has 19 heavy (non-hydrogen) atoms. The molecule has 3 atom stereocenters. The van der Waals surface area contributed by atoms with Crippen molar-refractivity contribution in [1.82, 2.24) is 5.32 Å². The normalized spacial score (nSPS) is 15.6. The summed E-state index contributed by atoms with van der Waals surface area (Å²) in [6.07, 6.45) is 0.409.